The van der Waals surface area contributed by atoms with Crippen LogP contribution in [0.5, 0.6) is 5.75 Å². The second kappa shape index (κ2) is 4.95. The van der Waals surface area contributed by atoms with Gasteiger partial charge in [-0.05, 0) is 49.4 Å². The van der Waals surface area contributed by atoms with E-state index in [0.29, 0.717) is 0 Å². The van der Waals surface area contributed by atoms with E-state index < -0.39 is 0 Å². The molecule has 0 bridgehead atoms. The quantitative estimate of drug-likeness (QED) is 0.897. The van der Waals surface area contributed by atoms with E-state index in [4.69, 9.17) is 10.5 Å². The van der Waals surface area contributed by atoms with Crippen molar-refractivity contribution in [3.8, 4) is 5.75 Å². The number of nitrogens with two attached hydrogens (primary N) is 1. The molecule has 0 aromatic heterocycles. The van der Waals surface area contributed by atoms with Gasteiger partial charge in [0.15, 0.2) is 0 Å². The normalized spacial score (nSPS) is 17.9. The standard InChI is InChI=1S/C18H21NO/c1-18(2)11-10-14-12-15(8-9-16(14)20-18)17(19)13-6-4-3-5-7-13/h3-9,12,17H,10-11,19H2,1-2H3. The fourth-order valence-electron chi connectivity index (χ4n) is 2.72. The maximum atomic E-state index is 6.36. The van der Waals surface area contributed by atoms with Crippen molar-refractivity contribution in [1.82, 2.24) is 0 Å². The van der Waals surface area contributed by atoms with E-state index in [1.807, 2.05) is 18.2 Å². The summed E-state index contributed by atoms with van der Waals surface area (Å²) in [6, 6.07) is 16.5. The summed E-state index contributed by atoms with van der Waals surface area (Å²) in [5.74, 6) is 1.00. The van der Waals surface area contributed by atoms with Gasteiger partial charge in [0.25, 0.3) is 0 Å². The summed E-state index contributed by atoms with van der Waals surface area (Å²) in [6.07, 6.45) is 2.10. The summed E-state index contributed by atoms with van der Waals surface area (Å²) in [5, 5.41) is 0. The summed E-state index contributed by atoms with van der Waals surface area (Å²) >= 11 is 0. The largest absolute Gasteiger partial charge is 0.488 e. The summed E-state index contributed by atoms with van der Waals surface area (Å²) < 4.78 is 6.02. The van der Waals surface area contributed by atoms with Gasteiger partial charge in [-0.3, -0.25) is 0 Å². The first-order chi connectivity index (χ1) is 9.55. The molecular formula is C18H21NO. The molecule has 0 amide bonds. The molecule has 2 aromatic carbocycles. The van der Waals surface area contributed by atoms with E-state index in [0.717, 1.165) is 29.7 Å². The molecule has 104 valence electrons. The number of rotatable bonds is 2. The van der Waals surface area contributed by atoms with Crippen molar-refractivity contribution in [1.29, 1.82) is 0 Å². The van der Waals surface area contributed by atoms with Crippen LogP contribution in [0.15, 0.2) is 48.5 Å². The molecule has 1 atom stereocenters. The molecule has 0 saturated heterocycles. The molecule has 1 aliphatic heterocycles. The predicted octanol–water partition coefficient (Wildman–Crippen LogP) is 3.84. The van der Waals surface area contributed by atoms with Crippen molar-refractivity contribution >= 4 is 0 Å². The SMILES string of the molecule is CC1(C)CCc2cc(C(N)c3ccccc3)ccc2O1. The third-order valence-electron chi connectivity index (χ3n) is 3.99. The molecule has 0 saturated carbocycles. The lowest BCUT2D eigenvalue weighted by Gasteiger charge is -2.33. The van der Waals surface area contributed by atoms with Gasteiger partial charge >= 0.3 is 0 Å². The van der Waals surface area contributed by atoms with Crippen molar-refractivity contribution < 1.29 is 4.74 Å². The number of fused-ring (bicyclic) bond motifs is 1. The van der Waals surface area contributed by atoms with Gasteiger partial charge in [0.05, 0.1) is 6.04 Å². The molecule has 20 heavy (non-hydrogen) atoms. The lowest BCUT2D eigenvalue weighted by atomic mass is 9.91. The van der Waals surface area contributed by atoms with Gasteiger partial charge in [0.1, 0.15) is 11.4 Å². The number of aryl methyl sites for hydroxylation is 1. The lowest BCUT2D eigenvalue weighted by Crippen LogP contribution is -2.32. The van der Waals surface area contributed by atoms with Crippen molar-refractivity contribution in [2.75, 3.05) is 0 Å². The molecule has 1 unspecified atom stereocenters. The van der Waals surface area contributed by atoms with Crippen LogP contribution in [0.2, 0.25) is 0 Å². The summed E-state index contributed by atoms with van der Waals surface area (Å²) in [4.78, 5) is 0. The second-order valence-corrected chi connectivity index (χ2v) is 6.12. The Morgan fingerprint density at radius 1 is 1.05 bits per heavy atom. The van der Waals surface area contributed by atoms with Gasteiger partial charge in [0, 0.05) is 0 Å². The van der Waals surface area contributed by atoms with Crippen LogP contribution in [0.3, 0.4) is 0 Å². The zero-order valence-corrected chi connectivity index (χ0v) is 12.1. The van der Waals surface area contributed by atoms with E-state index in [9.17, 15) is 0 Å². The molecule has 1 heterocycles. The molecule has 2 N–H and O–H groups in total. The number of benzene rings is 2. The van der Waals surface area contributed by atoms with Gasteiger partial charge in [-0.15, -0.1) is 0 Å². The number of hydrogen-bond donors (Lipinski definition) is 1. The molecule has 0 aliphatic carbocycles. The van der Waals surface area contributed by atoms with E-state index >= 15 is 0 Å². The molecular weight excluding hydrogens is 246 g/mol. The fourth-order valence-corrected chi connectivity index (χ4v) is 2.72. The Balaban J connectivity index is 1.90. The highest BCUT2D eigenvalue weighted by molar-refractivity contribution is 5.42. The first-order valence-electron chi connectivity index (χ1n) is 7.17. The van der Waals surface area contributed by atoms with Crippen LogP contribution in [0.25, 0.3) is 0 Å². The lowest BCUT2D eigenvalue weighted by molar-refractivity contribution is 0.0846. The van der Waals surface area contributed by atoms with Gasteiger partial charge < -0.3 is 10.5 Å². The highest BCUT2D eigenvalue weighted by atomic mass is 16.5. The first-order valence-corrected chi connectivity index (χ1v) is 7.17. The highest BCUT2D eigenvalue weighted by Crippen LogP contribution is 2.35. The molecule has 0 radical (unpaired) electrons. The Labute approximate surface area is 120 Å². The van der Waals surface area contributed by atoms with Crippen molar-refractivity contribution in [2.24, 2.45) is 5.73 Å². The molecule has 3 rings (SSSR count). The Hall–Kier alpha value is -1.80. The minimum atomic E-state index is -0.0727. The zero-order chi connectivity index (χ0) is 14.2. The van der Waals surface area contributed by atoms with E-state index in [-0.39, 0.29) is 11.6 Å². The van der Waals surface area contributed by atoms with Gasteiger partial charge in [-0.2, -0.15) is 0 Å². The topological polar surface area (TPSA) is 35.2 Å². The Morgan fingerprint density at radius 2 is 1.80 bits per heavy atom. The monoisotopic (exact) mass is 267 g/mol. The fraction of sp³-hybridized carbons (Fsp3) is 0.333. The Kier molecular flexibility index (Phi) is 3.27. The molecule has 2 heteroatoms. The van der Waals surface area contributed by atoms with Gasteiger partial charge in [-0.1, -0.05) is 42.5 Å². The van der Waals surface area contributed by atoms with Crippen molar-refractivity contribution in [2.45, 2.75) is 38.3 Å². The maximum absolute atomic E-state index is 6.36. The maximum Gasteiger partial charge on any atom is 0.123 e. The minimum absolute atomic E-state index is 0.0595. The predicted molar refractivity (Wildman–Crippen MR) is 81.9 cm³/mol. The molecule has 0 spiro atoms. The van der Waals surface area contributed by atoms with Crippen LogP contribution >= 0.6 is 0 Å². The van der Waals surface area contributed by atoms with Crippen LogP contribution in [-0.4, -0.2) is 5.60 Å². The highest BCUT2D eigenvalue weighted by Gasteiger charge is 2.26. The van der Waals surface area contributed by atoms with Crippen LogP contribution in [0.4, 0.5) is 0 Å². The molecule has 2 aromatic rings. The molecule has 2 nitrogen and oxygen atoms in total. The average Bonchev–Trinajstić information content (AvgIpc) is 2.46. The Morgan fingerprint density at radius 3 is 2.55 bits per heavy atom. The first kappa shape index (κ1) is 13.2. The number of ether oxygens (including phenoxy) is 1. The summed E-state index contributed by atoms with van der Waals surface area (Å²) in [7, 11) is 0. The van der Waals surface area contributed by atoms with Gasteiger partial charge in [-0.25, -0.2) is 0 Å². The summed E-state index contributed by atoms with van der Waals surface area (Å²) in [5.41, 5.74) is 9.87. The Bertz CT molecular complexity index is 604. The second-order valence-electron chi connectivity index (χ2n) is 6.12. The van der Waals surface area contributed by atoms with E-state index in [1.165, 1.54) is 5.56 Å². The van der Waals surface area contributed by atoms with E-state index in [1.54, 1.807) is 0 Å². The van der Waals surface area contributed by atoms with Crippen LogP contribution < -0.4 is 10.5 Å². The van der Waals surface area contributed by atoms with Crippen LogP contribution in [-0.2, 0) is 6.42 Å². The molecule has 1 aliphatic rings. The third kappa shape index (κ3) is 2.56. The van der Waals surface area contributed by atoms with Crippen LogP contribution in [0.1, 0.15) is 43.0 Å². The zero-order valence-electron chi connectivity index (χ0n) is 12.1. The van der Waals surface area contributed by atoms with Gasteiger partial charge in [0.2, 0.25) is 0 Å². The minimum Gasteiger partial charge on any atom is -0.488 e. The third-order valence-corrected chi connectivity index (χ3v) is 3.99. The summed E-state index contributed by atoms with van der Waals surface area (Å²) in [6.45, 7) is 4.28. The number of hydrogen-bond acceptors (Lipinski definition) is 2. The van der Waals surface area contributed by atoms with Crippen LogP contribution in [0, 0.1) is 0 Å². The van der Waals surface area contributed by atoms with E-state index in [2.05, 4.69) is 44.2 Å². The average molecular weight is 267 g/mol. The molecule has 0 fully saturated rings. The van der Waals surface area contributed by atoms with Crippen molar-refractivity contribution in [3.05, 3.63) is 65.2 Å². The van der Waals surface area contributed by atoms with Crippen molar-refractivity contribution in [3.63, 3.8) is 0 Å². The smallest absolute Gasteiger partial charge is 0.123 e.